The van der Waals surface area contributed by atoms with Crippen LogP contribution < -0.4 is 10.6 Å². The molecular formula is C13H19N3O3. The van der Waals surface area contributed by atoms with Crippen molar-refractivity contribution in [3.8, 4) is 0 Å². The van der Waals surface area contributed by atoms with Gasteiger partial charge in [-0.25, -0.2) is 0 Å². The molecule has 0 bridgehead atoms. The van der Waals surface area contributed by atoms with E-state index >= 15 is 0 Å². The number of aryl methyl sites for hydroxylation is 2. The predicted octanol–water partition coefficient (Wildman–Crippen LogP) is 1.10. The molecule has 0 atom stereocenters. The number of carboxylic acids is 1. The maximum absolute atomic E-state index is 11.6. The highest BCUT2D eigenvalue weighted by atomic mass is 16.4. The topological polar surface area (TPSA) is 96.5 Å². The molecule has 0 aromatic carbocycles. The number of carbonyl (C=O) groups is 2. The first kappa shape index (κ1) is 14.9. The van der Waals surface area contributed by atoms with Gasteiger partial charge in [0.05, 0.1) is 16.9 Å². The van der Waals surface area contributed by atoms with Crippen LogP contribution in [0, 0.1) is 13.8 Å². The summed E-state index contributed by atoms with van der Waals surface area (Å²) < 4.78 is 0. The SMILES string of the molecule is Cc1cc(N(CC(=O)O)C(C)C)c(C(N)=O)c(C)n1. The number of hydrogen-bond acceptors (Lipinski definition) is 4. The van der Waals surface area contributed by atoms with Gasteiger partial charge in [-0.05, 0) is 33.8 Å². The Balaban J connectivity index is 3.43. The molecule has 0 fully saturated rings. The molecule has 0 unspecified atom stereocenters. The molecular weight excluding hydrogens is 246 g/mol. The van der Waals surface area contributed by atoms with Crippen molar-refractivity contribution in [1.82, 2.24) is 4.98 Å². The second kappa shape index (κ2) is 5.69. The molecule has 0 aliphatic rings. The summed E-state index contributed by atoms with van der Waals surface area (Å²) in [5.74, 6) is -1.56. The number of amides is 1. The van der Waals surface area contributed by atoms with Gasteiger partial charge in [-0.3, -0.25) is 14.6 Å². The molecule has 104 valence electrons. The van der Waals surface area contributed by atoms with Gasteiger partial charge in [-0.1, -0.05) is 0 Å². The third kappa shape index (κ3) is 3.43. The Morgan fingerprint density at radius 1 is 1.42 bits per heavy atom. The van der Waals surface area contributed by atoms with Gasteiger partial charge >= 0.3 is 5.97 Å². The van der Waals surface area contributed by atoms with E-state index in [1.165, 1.54) is 0 Å². The molecule has 0 saturated heterocycles. The lowest BCUT2D eigenvalue weighted by molar-refractivity contribution is -0.135. The number of carbonyl (C=O) groups excluding carboxylic acids is 1. The summed E-state index contributed by atoms with van der Waals surface area (Å²) >= 11 is 0. The molecule has 1 aromatic rings. The Morgan fingerprint density at radius 3 is 2.42 bits per heavy atom. The molecule has 6 nitrogen and oxygen atoms in total. The Morgan fingerprint density at radius 2 is 2.00 bits per heavy atom. The minimum atomic E-state index is -0.962. The van der Waals surface area contributed by atoms with Gasteiger partial charge in [0.1, 0.15) is 6.54 Å². The quantitative estimate of drug-likeness (QED) is 0.831. The molecule has 0 aliphatic carbocycles. The Bertz CT molecular complexity index is 512. The highest BCUT2D eigenvalue weighted by Crippen LogP contribution is 2.25. The fourth-order valence-corrected chi connectivity index (χ4v) is 2.03. The van der Waals surface area contributed by atoms with E-state index in [1.54, 1.807) is 24.8 Å². The number of primary amides is 1. The highest BCUT2D eigenvalue weighted by molar-refractivity contribution is 6.00. The number of nitrogens with zero attached hydrogens (tertiary/aromatic N) is 2. The molecule has 0 radical (unpaired) electrons. The molecule has 3 N–H and O–H groups in total. The lowest BCUT2D eigenvalue weighted by atomic mass is 10.1. The van der Waals surface area contributed by atoms with E-state index in [4.69, 9.17) is 10.8 Å². The first-order valence-corrected chi connectivity index (χ1v) is 6.00. The van der Waals surface area contributed by atoms with Crippen molar-refractivity contribution in [3.05, 3.63) is 23.0 Å². The van der Waals surface area contributed by atoms with Crippen molar-refractivity contribution >= 4 is 17.6 Å². The van der Waals surface area contributed by atoms with E-state index < -0.39 is 11.9 Å². The van der Waals surface area contributed by atoms with E-state index in [0.29, 0.717) is 17.1 Å². The minimum absolute atomic E-state index is 0.0737. The number of carboxylic acid groups (broad SMARTS) is 1. The Kier molecular flexibility index (Phi) is 4.47. The first-order chi connectivity index (χ1) is 8.73. The number of anilines is 1. The average Bonchev–Trinajstić information content (AvgIpc) is 2.23. The summed E-state index contributed by atoms with van der Waals surface area (Å²) in [6.45, 7) is 7.01. The largest absolute Gasteiger partial charge is 0.480 e. The fourth-order valence-electron chi connectivity index (χ4n) is 2.03. The van der Waals surface area contributed by atoms with Crippen LogP contribution in [0.2, 0.25) is 0 Å². The van der Waals surface area contributed by atoms with Gasteiger partial charge in [-0.15, -0.1) is 0 Å². The van der Waals surface area contributed by atoms with E-state index in [1.807, 2.05) is 13.8 Å². The Labute approximate surface area is 112 Å². The molecule has 1 heterocycles. The maximum atomic E-state index is 11.6. The number of nitrogens with two attached hydrogens (primary N) is 1. The molecule has 1 rings (SSSR count). The number of hydrogen-bond donors (Lipinski definition) is 2. The van der Waals surface area contributed by atoms with Gasteiger partial charge in [-0.2, -0.15) is 0 Å². The summed E-state index contributed by atoms with van der Waals surface area (Å²) in [4.78, 5) is 28.4. The van der Waals surface area contributed by atoms with Crippen LogP contribution in [0.5, 0.6) is 0 Å². The second-order valence-electron chi connectivity index (χ2n) is 4.72. The Hall–Kier alpha value is -2.11. The number of rotatable bonds is 5. The van der Waals surface area contributed by atoms with Crippen molar-refractivity contribution < 1.29 is 14.7 Å². The van der Waals surface area contributed by atoms with Gasteiger partial charge in [0.2, 0.25) is 0 Å². The van der Waals surface area contributed by atoms with Crippen LogP contribution in [0.4, 0.5) is 5.69 Å². The third-order valence-electron chi connectivity index (χ3n) is 2.79. The molecule has 1 aromatic heterocycles. The predicted molar refractivity (Wildman–Crippen MR) is 72.3 cm³/mol. The smallest absolute Gasteiger partial charge is 0.323 e. The molecule has 0 saturated carbocycles. The molecule has 0 aliphatic heterocycles. The van der Waals surface area contributed by atoms with Crippen LogP contribution in [0.25, 0.3) is 0 Å². The van der Waals surface area contributed by atoms with E-state index in [-0.39, 0.29) is 18.2 Å². The standard InChI is InChI=1S/C13H19N3O3/c1-7(2)16(6-11(17)18)10-5-8(3)15-9(4)12(10)13(14)19/h5,7H,6H2,1-4H3,(H2,14,19)(H,17,18). The monoisotopic (exact) mass is 265 g/mol. The van der Waals surface area contributed by atoms with Crippen LogP contribution in [-0.4, -0.2) is 34.6 Å². The number of pyridine rings is 1. The number of aliphatic carboxylic acids is 1. The van der Waals surface area contributed by atoms with E-state index in [2.05, 4.69) is 4.98 Å². The molecule has 1 amide bonds. The van der Waals surface area contributed by atoms with Crippen LogP contribution in [0.15, 0.2) is 6.07 Å². The van der Waals surface area contributed by atoms with Crippen LogP contribution in [0.1, 0.15) is 35.6 Å². The zero-order valence-electron chi connectivity index (χ0n) is 11.6. The average molecular weight is 265 g/mol. The van der Waals surface area contributed by atoms with Crippen LogP contribution >= 0.6 is 0 Å². The summed E-state index contributed by atoms with van der Waals surface area (Å²) in [5.41, 5.74) is 7.41. The molecule has 19 heavy (non-hydrogen) atoms. The van der Waals surface area contributed by atoms with Gasteiger partial charge < -0.3 is 15.7 Å². The molecule has 0 spiro atoms. The summed E-state index contributed by atoms with van der Waals surface area (Å²) in [5, 5.41) is 8.99. The fraction of sp³-hybridized carbons (Fsp3) is 0.462. The minimum Gasteiger partial charge on any atom is -0.480 e. The second-order valence-corrected chi connectivity index (χ2v) is 4.72. The van der Waals surface area contributed by atoms with Gasteiger partial charge in [0.15, 0.2) is 0 Å². The zero-order valence-corrected chi connectivity index (χ0v) is 11.6. The molecule has 6 heteroatoms. The summed E-state index contributed by atoms with van der Waals surface area (Å²) in [6.07, 6.45) is 0. The first-order valence-electron chi connectivity index (χ1n) is 6.00. The van der Waals surface area contributed by atoms with Crippen LogP contribution in [0.3, 0.4) is 0 Å². The van der Waals surface area contributed by atoms with Crippen molar-refractivity contribution in [2.24, 2.45) is 5.73 Å². The van der Waals surface area contributed by atoms with Crippen molar-refractivity contribution in [1.29, 1.82) is 0 Å². The maximum Gasteiger partial charge on any atom is 0.323 e. The van der Waals surface area contributed by atoms with Gasteiger partial charge in [0.25, 0.3) is 5.91 Å². The van der Waals surface area contributed by atoms with E-state index in [0.717, 1.165) is 0 Å². The van der Waals surface area contributed by atoms with E-state index in [9.17, 15) is 9.59 Å². The highest BCUT2D eigenvalue weighted by Gasteiger charge is 2.22. The van der Waals surface area contributed by atoms with Crippen molar-refractivity contribution in [2.75, 3.05) is 11.4 Å². The van der Waals surface area contributed by atoms with Crippen molar-refractivity contribution in [2.45, 2.75) is 33.7 Å². The van der Waals surface area contributed by atoms with Crippen molar-refractivity contribution in [3.63, 3.8) is 0 Å². The third-order valence-corrected chi connectivity index (χ3v) is 2.79. The zero-order chi connectivity index (χ0) is 14.7. The lowest BCUT2D eigenvalue weighted by Gasteiger charge is -2.29. The number of aromatic nitrogens is 1. The van der Waals surface area contributed by atoms with Crippen LogP contribution in [-0.2, 0) is 4.79 Å². The normalized spacial score (nSPS) is 10.6. The summed E-state index contributed by atoms with van der Waals surface area (Å²) in [7, 11) is 0. The lowest BCUT2D eigenvalue weighted by Crippen LogP contribution is -2.37. The van der Waals surface area contributed by atoms with Gasteiger partial charge in [0, 0.05) is 11.7 Å². The summed E-state index contributed by atoms with van der Waals surface area (Å²) in [6, 6.07) is 1.62.